The van der Waals surface area contributed by atoms with Gasteiger partial charge < -0.3 is 10.4 Å². The lowest BCUT2D eigenvalue weighted by atomic mass is 9.83. The molecule has 3 rings (SSSR count). The maximum atomic E-state index is 12.3. The molecule has 1 amide bonds. The number of nitrogens with one attached hydrogen (secondary N) is 1. The number of fused-ring (bicyclic) bond motifs is 1. The summed E-state index contributed by atoms with van der Waals surface area (Å²) in [6.07, 6.45) is 4.24. The number of amides is 1. The summed E-state index contributed by atoms with van der Waals surface area (Å²) in [6.45, 7) is 0. The number of carbonyl (C=O) groups is 2. The topological polar surface area (TPSA) is 66.4 Å². The van der Waals surface area contributed by atoms with Crippen molar-refractivity contribution in [3.05, 3.63) is 35.4 Å². The molecule has 106 valence electrons. The van der Waals surface area contributed by atoms with Crippen molar-refractivity contribution in [1.29, 1.82) is 0 Å². The Hall–Kier alpha value is -1.84. The van der Waals surface area contributed by atoms with E-state index in [1.807, 2.05) is 12.1 Å². The van der Waals surface area contributed by atoms with Crippen LogP contribution in [0.15, 0.2) is 24.3 Å². The van der Waals surface area contributed by atoms with Crippen molar-refractivity contribution < 1.29 is 14.7 Å². The Labute approximate surface area is 118 Å². The highest BCUT2D eigenvalue weighted by Crippen LogP contribution is 2.33. The van der Waals surface area contributed by atoms with Crippen molar-refractivity contribution in [2.75, 3.05) is 0 Å². The second kappa shape index (κ2) is 5.27. The number of carbonyl (C=O) groups excluding carboxylic acids is 1. The Morgan fingerprint density at radius 3 is 2.50 bits per heavy atom. The predicted molar refractivity (Wildman–Crippen MR) is 74.2 cm³/mol. The standard InChI is InChI=1S/C16H19NO3/c18-15(17-14(16(19)20)11-6-7-11)13-8-5-10-3-1-2-4-12(10)9-13/h1-4,11,13-14H,5-9H2,(H,17,18)(H,19,20). The SMILES string of the molecule is O=C(NC(C(=O)O)C1CC1)C1CCc2ccccc2C1. The molecular weight excluding hydrogens is 254 g/mol. The van der Waals surface area contributed by atoms with Gasteiger partial charge in [-0.1, -0.05) is 24.3 Å². The van der Waals surface area contributed by atoms with Crippen LogP contribution in [0.3, 0.4) is 0 Å². The largest absolute Gasteiger partial charge is 0.480 e. The van der Waals surface area contributed by atoms with Crippen molar-refractivity contribution in [1.82, 2.24) is 5.32 Å². The second-order valence-electron chi connectivity index (χ2n) is 5.87. The zero-order chi connectivity index (χ0) is 14.1. The molecule has 2 unspecified atom stereocenters. The van der Waals surface area contributed by atoms with E-state index in [-0.39, 0.29) is 17.7 Å². The monoisotopic (exact) mass is 273 g/mol. The van der Waals surface area contributed by atoms with Crippen LogP contribution in [0.4, 0.5) is 0 Å². The number of aliphatic carboxylic acids is 1. The van der Waals surface area contributed by atoms with Crippen molar-refractivity contribution >= 4 is 11.9 Å². The Bertz CT molecular complexity index is 536. The predicted octanol–water partition coefficient (Wildman–Crippen LogP) is 1.77. The van der Waals surface area contributed by atoms with E-state index in [9.17, 15) is 14.7 Å². The van der Waals surface area contributed by atoms with Gasteiger partial charge in [-0.15, -0.1) is 0 Å². The normalized spacial score (nSPS) is 22.7. The van der Waals surface area contributed by atoms with Gasteiger partial charge >= 0.3 is 5.97 Å². The van der Waals surface area contributed by atoms with Gasteiger partial charge in [-0.05, 0) is 49.1 Å². The molecule has 1 fully saturated rings. The lowest BCUT2D eigenvalue weighted by Crippen LogP contribution is -2.46. The molecule has 0 radical (unpaired) electrons. The Morgan fingerprint density at radius 1 is 1.15 bits per heavy atom. The van der Waals surface area contributed by atoms with Gasteiger partial charge in [-0.25, -0.2) is 4.79 Å². The molecule has 4 nitrogen and oxygen atoms in total. The Kier molecular flexibility index (Phi) is 3.47. The van der Waals surface area contributed by atoms with E-state index < -0.39 is 12.0 Å². The van der Waals surface area contributed by atoms with Crippen LogP contribution in [0.5, 0.6) is 0 Å². The zero-order valence-corrected chi connectivity index (χ0v) is 11.3. The molecule has 2 N–H and O–H groups in total. The maximum Gasteiger partial charge on any atom is 0.326 e. The first-order valence-electron chi connectivity index (χ1n) is 7.25. The van der Waals surface area contributed by atoms with Crippen LogP contribution >= 0.6 is 0 Å². The van der Waals surface area contributed by atoms with Gasteiger partial charge in [0.2, 0.25) is 5.91 Å². The molecule has 4 heteroatoms. The lowest BCUT2D eigenvalue weighted by molar-refractivity contribution is -0.143. The molecule has 1 aromatic carbocycles. The van der Waals surface area contributed by atoms with E-state index in [2.05, 4.69) is 17.4 Å². The summed E-state index contributed by atoms with van der Waals surface area (Å²) in [7, 11) is 0. The number of benzene rings is 1. The van der Waals surface area contributed by atoms with Crippen molar-refractivity contribution in [3.8, 4) is 0 Å². The minimum Gasteiger partial charge on any atom is -0.480 e. The third-order valence-electron chi connectivity index (χ3n) is 4.37. The quantitative estimate of drug-likeness (QED) is 0.878. The van der Waals surface area contributed by atoms with E-state index in [0.29, 0.717) is 0 Å². The highest BCUT2D eigenvalue weighted by molar-refractivity contribution is 5.85. The van der Waals surface area contributed by atoms with Crippen molar-refractivity contribution in [2.45, 2.75) is 38.1 Å². The third kappa shape index (κ3) is 2.69. The molecule has 1 saturated carbocycles. The van der Waals surface area contributed by atoms with Crippen LogP contribution in [0.2, 0.25) is 0 Å². The smallest absolute Gasteiger partial charge is 0.326 e. The molecule has 0 heterocycles. The summed E-state index contributed by atoms with van der Waals surface area (Å²) in [5, 5.41) is 11.9. The minimum absolute atomic E-state index is 0.0921. The van der Waals surface area contributed by atoms with Gasteiger partial charge in [0, 0.05) is 5.92 Å². The molecule has 1 aromatic rings. The third-order valence-corrected chi connectivity index (χ3v) is 4.37. The molecule has 0 aliphatic heterocycles. The molecule has 2 aliphatic carbocycles. The Balaban J connectivity index is 1.65. The summed E-state index contributed by atoms with van der Waals surface area (Å²) in [5.41, 5.74) is 2.53. The van der Waals surface area contributed by atoms with Crippen LogP contribution in [0.1, 0.15) is 30.4 Å². The van der Waals surface area contributed by atoms with E-state index in [1.54, 1.807) is 0 Å². The van der Waals surface area contributed by atoms with Crippen molar-refractivity contribution in [2.24, 2.45) is 11.8 Å². The molecule has 2 atom stereocenters. The van der Waals surface area contributed by atoms with Crippen LogP contribution in [-0.2, 0) is 22.4 Å². The zero-order valence-electron chi connectivity index (χ0n) is 11.3. The number of hydrogen-bond donors (Lipinski definition) is 2. The summed E-state index contributed by atoms with van der Waals surface area (Å²) >= 11 is 0. The van der Waals surface area contributed by atoms with E-state index >= 15 is 0 Å². The molecule has 0 bridgehead atoms. The second-order valence-corrected chi connectivity index (χ2v) is 5.87. The maximum absolute atomic E-state index is 12.3. The first-order valence-corrected chi connectivity index (χ1v) is 7.25. The summed E-state index contributed by atoms with van der Waals surface area (Å²) in [6, 6.07) is 7.48. The average molecular weight is 273 g/mol. The molecule has 0 saturated heterocycles. The van der Waals surface area contributed by atoms with E-state index in [1.165, 1.54) is 11.1 Å². The van der Waals surface area contributed by atoms with E-state index in [0.717, 1.165) is 32.1 Å². The molecular formula is C16H19NO3. The molecule has 0 spiro atoms. The van der Waals surface area contributed by atoms with Gasteiger partial charge in [0.05, 0.1) is 0 Å². The van der Waals surface area contributed by atoms with Crippen LogP contribution in [0.25, 0.3) is 0 Å². The fourth-order valence-electron chi connectivity index (χ4n) is 3.00. The molecule has 2 aliphatic rings. The van der Waals surface area contributed by atoms with Gasteiger partial charge in [0.1, 0.15) is 6.04 Å². The number of hydrogen-bond acceptors (Lipinski definition) is 2. The molecule has 20 heavy (non-hydrogen) atoms. The van der Waals surface area contributed by atoms with Crippen LogP contribution < -0.4 is 5.32 Å². The number of rotatable bonds is 4. The first-order chi connectivity index (χ1) is 9.65. The van der Waals surface area contributed by atoms with Gasteiger partial charge in [0.25, 0.3) is 0 Å². The van der Waals surface area contributed by atoms with Gasteiger partial charge in [-0.3, -0.25) is 4.79 Å². The van der Waals surface area contributed by atoms with Crippen LogP contribution in [-0.4, -0.2) is 23.0 Å². The minimum atomic E-state index is -0.906. The summed E-state index contributed by atoms with van der Waals surface area (Å²) < 4.78 is 0. The van der Waals surface area contributed by atoms with Gasteiger partial charge in [0.15, 0.2) is 0 Å². The van der Waals surface area contributed by atoms with Gasteiger partial charge in [-0.2, -0.15) is 0 Å². The number of aryl methyl sites for hydroxylation is 1. The van der Waals surface area contributed by atoms with Crippen LogP contribution in [0, 0.1) is 11.8 Å². The fraction of sp³-hybridized carbons (Fsp3) is 0.500. The first kappa shape index (κ1) is 13.2. The summed E-state index contributed by atoms with van der Waals surface area (Å²) in [5.74, 6) is -0.964. The van der Waals surface area contributed by atoms with Crippen molar-refractivity contribution in [3.63, 3.8) is 0 Å². The Morgan fingerprint density at radius 2 is 1.85 bits per heavy atom. The van der Waals surface area contributed by atoms with E-state index in [4.69, 9.17) is 0 Å². The highest BCUT2D eigenvalue weighted by atomic mass is 16.4. The molecule has 0 aromatic heterocycles. The fourth-order valence-corrected chi connectivity index (χ4v) is 3.00. The average Bonchev–Trinajstić information content (AvgIpc) is 3.28. The summed E-state index contributed by atoms with van der Waals surface area (Å²) in [4.78, 5) is 23.5. The number of carboxylic acid groups (broad SMARTS) is 1. The lowest BCUT2D eigenvalue weighted by Gasteiger charge is -2.25. The number of carboxylic acids is 1. The highest BCUT2D eigenvalue weighted by Gasteiger charge is 2.38.